The van der Waals surface area contributed by atoms with Gasteiger partial charge in [-0.1, -0.05) is 36.4 Å². The van der Waals surface area contributed by atoms with E-state index in [-0.39, 0.29) is 5.78 Å². The monoisotopic (exact) mass is 225 g/mol. The Morgan fingerprint density at radius 3 is 2.59 bits per heavy atom. The molecule has 84 valence electrons. The molecule has 3 heteroatoms. The fourth-order valence-corrected chi connectivity index (χ4v) is 1.43. The van der Waals surface area contributed by atoms with Gasteiger partial charge >= 0.3 is 0 Å². The van der Waals surface area contributed by atoms with Crippen LogP contribution in [0.2, 0.25) is 0 Å². The second-order valence-electron chi connectivity index (χ2n) is 3.56. The van der Waals surface area contributed by atoms with Crippen molar-refractivity contribution >= 4 is 11.9 Å². The maximum Gasteiger partial charge on any atom is 0.191 e. The number of nitrogens with zero attached hydrogens (tertiary/aromatic N) is 1. The molecule has 1 aromatic carbocycles. The molecule has 1 aromatic heterocycles. The predicted molar refractivity (Wildman–Crippen MR) is 65.2 cm³/mol. The van der Waals surface area contributed by atoms with Crippen molar-refractivity contribution in [3.8, 4) is 0 Å². The maximum absolute atomic E-state index is 11.7. The van der Waals surface area contributed by atoms with E-state index in [1.54, 1.807) is 18.2 Å². The molecule has 2 rings (SSSR count). The Labute approximate surface area is 99.2 Å². The topological polar surface area (TPSA) is 44.0 Å². The van der Waals surface area contributed by atoms with Crippen molar-refractivity contribution in [2.24, 2.45) is 0 Å². The van der Waals surface area contributed by atoms with Gasteiger partial charge in [0.1, 0.15) is 0 Å². The number of benzene rings is 1. The minimum Gasteiger partial charge on any atom is -0.619 e. The van der Waals surface area contributed by atoms with E-state index in [9.17, 15) is 10.0 Å². The zero-order valence-corrected chi connectivity index (χ0v) is 9.11. The number of ketones is 1. The fraction of sp³-hybridized carbons (Fsp3) is 0. The third-order valence-corrected chi connectivity index (χ3v) is 2.29. The van der Waals surface area contributed by atoms with E-state index in [2.05, 4.69) is 0 Å². The quantitative estimate of drug-likeness (QED) is 0.348. The van der Waals surface area contributed by atoms with Gasteiger partial charge in [-0.05, 0) is 17.7 Å². The molecule has 0 aliphatic rings. The lowest BCUT2D eigenvalue weighted by Gasteiger charge is -1.97. The number of rotatable bonds is 3. The molecule has 0 saturated heterocycles. The predicted octanol–water partition coefficient (Wildman–Crippen LogP) is 2.22. The second kappa shape index (κ2) is 5.07. The second-order valence-corrected chi connectivity index (χ2v) is 3.56. The van der Waals surface area contributed by atoms with Gasteiger partial charge in [0.25, 0.3) is 0 Å². The average Bonchev–Trinajstić information content (AvgIpc) is 2.37. The molecule has 0 aliphatic heterocycles. The summed E-state index contributed by atoms with van der Waals surface area (Å²) in [5, 5.41) is 11.0. The smallest absolute Gasteiger partial charge is 0.191 e. The normalized spacial score (nSPS) is 10.6. The van der Waals surface area contributed by atoms with E-state index >= 15 is 0 Å². The molecule has 0 amide bonds. The molecular formula is C14H11NO2. The Hall–Kier alpha value is -2.42. The molecule has 3 nitrogen and oxygen atoms in total. The van der Waals surface area contributed by atoms with Crippen LogP contribution in [0, 0.1) is 5.21 Å². The van der Waals surface area contributed by atoms with Gasteiger partial charge in [-0.15, -0.1) is 0 Å². The molecule has 0 aliphatic carbocycles. The molecule has 0 radical (unpaired) electrons. The first-order chi connectivity index (χ1) is 8.25. The van der Waals surface area contributed by atoms with Crippen molar-refractivity contribution in [1.82, 2.24) is 0 Å². The molecule has 2 aromatic rings. The summed E-state index contributed by atoms with van der Waals surface area (Å²) in [6.45, 7) is 0. The summed E-state index contributed by atoms with van der Waals surface area (Å²) in [6.07, 6.45) is 5.80. The van der Waals surface area contributed by atoms with Gasteiger partial charge in [0.15, 0.2) is 18.2 Å². The van der Waals surface area contributed by atoms with Crippen LogP contribution in [0.5, 0.6) is 0 Å². The number of carbonyl (C=O) groups is 1. The maximum atomic E-state index is 11.7. The first-order valence-electron chi connectivity index (χ1n) is 5.22. The van der Waals surface area contributed by atoms with Gasteiger partial charge in [-0.3, -0.25) is 4.79 Å². The van der Waals surface area contributed by atoms with Crippen LogP contribution in [0.1, 0.15) is 15.9 Å². The van der Waals surface area contributed by atoms with E-state index in [0.717, 1.165) is 5.56 Å². The lowest BCUT2D eigenvalue weighted by Crippen LogP contribution is -2.25. The molecule has 0 unspecified atom stereocenters. The van der Waals surface area contributed by atoms with E-state index in [4.69, 9.17) is 0 Å². The van der Waals surface area contributed by atoms with Crippen LogP contribution in [-0.4, -0.2) is 5.78 Å². The molecule has 0 saturated carbocycles. The largest absolute Gasteiger partial charge is 0.619 e. The first-order valence-corrected chi connectivity index (χ1v) is 5.22. The van der Waals surface area contributed by atoms with Crippen LogP contribution in [0.15, 0.2) is 60.9 Å². The Morgan fingerprint density at radius 1 is 1.12 bits per heavy atom. The highest BCUT2D eigenvalue weighted by molar-refractivity contribution is 6.06. The van der Waals surface area contributed by atoms with Crippen molar-refractivity contribution < 1.29 is 9.52 Å². The Kier molecular flexibility index (Phi) is 3.31. The summed E-state index contributed by atoms with van der Waals surface area (Å²) in [4.78, 5) is 11.7. The standard InChI is InChI=1S/C14H11NO2/c16-14(13-7-4-10-15(17)11-13)9-8-12-5-2-1-3-6-12/h1-11H. The fourth-order valence-electron chi connectivity index (χ4n) is 1.43. The van der Waals surface area contributed by atoms with Gasteiger partial charge in [-0.25, -0.2) is 0 Å². The molecule has 0 atom stereocenters. The van der Waals surface area contributed by atoms with Gasteiger partial charge < -0.3 is 5.21 Å². The third kappa shape index (κ3) is 3.01. The molecule has 0 N–H and O–H groups in total. The molecule has 0 spiro atoms. The molecule has 17 heavy (non-hydrogen) atoms. The van der Waals surface area contributed by atoms with E-state index in [1.165, 1.54) is 18.5 Å². The minimum atomic E-state index is -0.181. The highest BCUT2D eigenvalue weighted by Gasteiger charge is 2.04. The van der Waals surface area contributed by atoms with Crippen molar-refractivity contribution in [1.29, 1.82) is 0 Å². The van der Waals surface area contributed by atoms with Gasteiger partial charge in [0, 0.05) is 6.07 Å². The number of aromatic nitrogens is 1. The van der Waals surface area contributed by atoms with Gasteiger partial charge in [-0.2, -0.15) is 4.73 Å². The molecular weight excluding hydrogens is 214 g/mol. The summed E-state index contributed by atoms with van der Waals surface area (Å²) in [5.41, 5.74) is 1.33. The van der Waals surface area contributed by atoms with Crippen molar-refractivity contribution in [3.63, 3.8) is 0 Å². The van der Waals surface area contributed by atoms with Crippen LogP contribution in [0.25, 0.3) is 6.08 Å². The third-order valence-electron chi connectivity index (χ3n) is 2.29. The molecule has 0 bridgehead atoms. The van der Waals surface area contributed by atoms with Gasteiger partial charge in [0.2, 0.25) is 0 Å². The van der Waals surface area contributed by atoms with Crippen LogP contribution < -0.4 is 4.73 Å². The van der Waals surface area contributed by atoms with E-state index < -0.39 is 0 Å². The Morgan fingerprint density at radius 2 is 1.88 bits per heavy atom. The summed E-state index contributed by atoms with van der Waals surface area (Å²) in [5.74, 6) is -0.181. The number of pyridine rings is 1. The summed E-state index contributed by atoms with van der Waals surface area (Å²) in [6, 6.07) is 12.7. The lowest BCUT2D eigenvalue weighted by molar-refractivity contribution is -0.605. The number of hydrogen-bond donors (Lipinski definition) is 0. The van der Waals surface area contributed by atoms with Crippen LogP contribution in [0.3, 0.4) is 0 Å². The Balaban J connectivity index is 2.15. The number of hydrogen-bond acceptors (Lipinski definition) is 2. The van der Waals surface area contributed by atoms with Crippen molar-refractivity contribution in [2.45, 2.75) is 0 Å². The van der Waals surface area contributed by atoms with Gasteiger partial charge in [0.05, 0.1) is 5.56 Å². The van der Waals surface area contributed by atoms with Crippen LogP contribution in [0.4, 0.5) is 0 Å². The average molecular weight is 225 g/mol. The SMILES string of the molecule is O=C(C=Cc1ccccc1)c1ccc[n+]([O-])c1. The molecule has 0 fully saturated rings. The summed E-state index contributed by atoms with van der Waals surface area (Å²) < 4.78 is 0.615. The Bertz CT molecular complexity index is 547. The van der Waals surface area contributed by atoms with Crippen molar-refractivity contribution in [3.05, 3.63) is 77.3 Å². The molecule has 1 heterocycles. The highest BCUT2D eigenvalue weighted by Crippen LogP contribution is 2.04. The first kappa shape index (κ1) is 11.1. The van der Waals surface area contributed by atoms with E-state index in [0.29, 0.717) is 10.3 Å². The number of allylic oxidation sites excluding steroid dienone is 1. The van der Waals surface area contributed by atoms with Crippen molar-refractivity contribution in [2.75, 3.05) is 0 Å². The minimum absolute atomic E-state index is 0.181. The summed E-state index contributed by atoms with van der Waals surface area (Å²) in [7, 11) is 0. The van der Waals surface area contributed by atoms with E-state index in [1.807, 2.05) is 30.3 Å². The van der Waals surface area contributed by atoms with Crippen LogP contribution >= 0.6 is 0 Å². The lowest BCUT2D eigenvalue weighted by atomic mass is 10.1. The number of carbonyl (C=O) groups excluding carboxylic acids is 1. The summed E-state index contributed by atoms with van der Waals surface area (Å²) >= 11 is 0. The zero-order chi connectivity index (χ0) is 12.1. The highest BCUT2D eigenvalue weighted by atomic mass is 16.5. The zero-order valence-electron chi connectivity index (χ0n) is 9.11. The van der Waals surface area contributed by atoms with Crippen LogP contribution in [-0.2, 0) is 0 Å².